The molecule has 3 aromatic carbocycles. The second kappa shape index (κ2) is 13.5. The molecule has 0 N–H and O–H groups in total. The molecule has 44 heavy (non-hydrogen) atoms. The molecule has 1 aliphatic heterocycles. The van der Waals surface area contributed by atoms with Gasteiger partial charge in [-0.2, -0.15) is 0 Å². The number of esters is 1. The highest BCUT2D eigenvalue weighted by Gasteiger charge is 2.33. The molecule has 1 aliphatic rings. The number of nitrogens with zero attached hydrogens (tertiary/aromatic N) is 2. The van der Waals surface area contributed by atoms with Gasteiger partial charge in [-0.25, -0.2) is 9.79 Å². The Morgan fingerprint density at radius 3 is 2.45 bits per heavy atom. The Kier molecular flexibility index (Phi) is 9.56. The third kappa shape index (κ3) is 6.74. The Labute approximate surface area is 264 Å². The van der Waals surface area contributed by atoms with Crippen molar-refractivity contribution in [1.82, 2.24) is 4.57 Å². The fourth-order valence-electron chi connectivity index (χ4n) is 4.89. The maximum Gasteiger partial charge on any atom is 0.338 e. The van der Waals surface area contributed by atoms with E-state index in [1.807, 2.05) is 80.6 Å². The maximum atomic E-state index is 14.0. The average molecular weight is 633 g/mol. The van der Waals surface area contributed by atoms with E-state index in [1.165, 1.54) is 11.3 Å². The van der Waals surface area contributed by atoms with Gasteiger partial charge in [0, 0.05) is 5.02 Å². The van der Waals surface area contributed by atoms with Gasteiger partial charge in [0.05, 0.1) is 41.7 Å². The first-order valence-electron chi connectivity index (χ1n) is 14.2. The van der Waals surface area contributed by atoms with Crippen molar-refractivity contribution in [3.05, 3.63) is 119 Å². The molecule has 5 rings (SSSR count). The summed E-state index contributed by atoms with van der Waals surface area (Å²) < 4.78 is 24.8. The summed E-state index contributed by atoms with van der Waals surface area (Å²) in [6.07, 6.45) is 1.80. The molecule has 0 spiro atoms. The van der Waals surface area contributed by atoms with E-state index in [9.17, 15) is 9.59 Å². The molecular formula is C34H33ClN2O6S. The lowest BCUT2D eigenvalue weighted by atomic mass is 9.96. The SMILES string of the molecule is CCOC(=O)C1=C(C)N=c2s/c(=C\c3ccc(OCc4ccc(Cl)cc4)c(OC)c3)c(=O)n2[C@@H]1c1ccc(OC(C)C)cc1. The van der Waals surface area contributed by atoms with Gasteiger partial charge < -0.3 is 18.9 Å². The lowest BCUT2D eigenvalue weighted by Crippen LogP contribution is -2.39. The Morgan fingerprint density at radius 1 is 1.07 bits per heavy atom. The van der Waals surface area contributed by atoms with Gasteiger partial charge in [0.15, 0.2) is 16.3 Å². The normalized spacial score (nSPS) is 14.7. The number of aromatic nitrogens is 1. The van der Waals surface area contributed by atoms with Crippen LogP contribution < -0.4 is 29.1 Å². The molecule has 10 heteroatoms. The predicted molar refractivity (Wildman–Crippen MR) is 171 cm³/mol. The van der Waals surface area contributed by atoms with Crippen LogP contribution >= 0.6 is 22.9 Å². The third-order valence-corrected chi connectivity index (χ3v) is 8.11. The number of carbonyl (C=O) groups is 1. The second-order valence-electron chi connectivity index (χ2n) is 10.4. The van der Waals surface area contributed by atoms with E-state index in [4.69, 9.17) is 30.5 Å². The maximum absolute atomic E-state index is 14.0. The highest BCUT2D eigenvalue weighted by molar-refractivity contribution is 7.07. The van der Waals surface area contributed by atoms with Gasteiger partial charge in [-0.15, -0.1) is 0 Å². The van der Waals surface area contributed by atoms with Crippen molar-refractivity contribution < 1.29 is 23.7 Å². The van der Waals surface area contributed by atoms with Crippen LogP contribution in [-0.4, -0.2) is 30.4 Å². The minimum absolute atomic E-state index is 0.0125. The number of methoxy groups -OCH3 is 1. The van der Waals surface area contributed by atoms with E-state index < -0.39 is 12.0 Å². The fraction of sp³-hybridized carbons (Fsp3) is 0.265. The van der Waals surface area contributed by atoms with E-state index in [0.717, 1.165) is 16.7 Å². The van der Waals surface area contributed by atoms with Crippen molar-refractivity contribution in [3.8, 4) is 17.2 Å². The number of ether oxygens (including phenoxy) is 4. The number of hydrogen-bond donors (Lipinski definition) is 0. The summed E-state index contributed by atoms with van der Waals surface area (Å²) in [4.78, 5) is 32.3. The van der Waals surface area contributed by atoms with E-state index in [1.54, 1.807) is 31.6 Å². The first-order chi connectivity index (χ1) is 21.2. The molecule has 0 saturated heterocycles. The number of thiazole rings is 1. The molecule has 0 saturated carbocycles. The van der Waals surface area contributed by atoms with Gasteiger partial charge in [-0.3, -0.25) is 9.36 Å². The predicted octanol–water partition coefficient (Wildman–Crippen LogP) is 5.83. The number of fused-ring (bicyclic) bond motifs is 1. The van der Waals surface area contributed by atoms with Crippen LogP contribution in [0.15, 0.2) is 87.8 Å². The molecule has 4 aromatic rings. The van der Waals surface area contributed by atoms with Crippen molar-refractivity contribution in [2.45, 2.75) is 46.4 Å². The van der Waals surface area contributed by atoms with Gasteiger partial charge in [-0.05, 0) is 86.9 Å². The van der Waals surface area contributed by atoms with Gasteiger partial charge in [0.1, 0.15) is 12.4 Å². The highest BCUT2D eigenvalue weighted by atomic mass is 35.5. The van der Waals surface area contributed by atoms with Gasteiger partial charge >= 0.3 is 5.97 Å². The molecule has 0 unspecified atom stereocenters. The van der Waals surface area contributed by atoms with Crippen LogP contribution in [0.3, 0.4) is 0 Å². The van der Waals surface area contributed by atoms with E-state index >= 15 is 0 Å². The molecule has 8 nitrogen and oxygen atoms in total. The number of carbonyl (C=O) groups excluding carboxylic acids is 1. The molecule has 0 radical (unpaired) electrons. The van der Waals surface area contributed by atoms with Crippen molar-refractivity contribution in [3.63, 3.8) is 0 Å². The average Bonchev–Trinajstić information content (AvgIpc) is 3.30. The van der Waals surface area contributed by atoms with Crippen molar-refractivity contribution >= 4 is 35.0 Å². The second-order valence-corrected chi connectivity index (χ2v) is 11.8. The molecule has 2 heterocycles. The number of hydrogen-bond acceptors (Lipinski definition) is 8. The minimum Gasteiger partial charge on any atom is -0.493 e. The summed E-state index contributed by atoms with van der Waals surface area (Å²) >= 11 is 7.24. The molecule has 228 valence electrons. The quantitative estimate of drug-likeness (QED) is 0.205. The summed E-state index contributed by atoms with van der Waals surface area (Å²) in [5.41, 5.74) is 3.03. The number of halogens is 1. The molecule has 0 fully saturated rings. The first-order valence-corrected chi connectivity index (χ1v) is 15.4. The monoisotopic (exact) mass is 632 g/mol. The molecule has 1 atom stereocenters. The zero-order valence-corrected chi connectivity index (χ0v) is 26.7. The third-order valence-electron chi connectivity index (χ3n) is 6.88. The Morgan fingerprint density at radius 2 is 1.80 bits per heavy atom. The van der Waals surface area contributed by atoms with Crippen molar-refractivity contribution in [1.29, 1.82) is 0 Å². The molecular weight excluding hydrogens is 600 g/mol. The van der Waals surface area contributed by atoms with Crippen molar-refractivity contribution in [2.24, 2.45) is 4.99 Å². The van der Waals surface area contributed by atoms with E-state index in [-0.39, 0.29) is 18.3 Å². The number of allylic oxidation sites excluding steroid dienone is 1. The zero-order valence-electron chi connectivity index (χ0n) is 25.1. The molecule has 1 aromatic heterocycles. The van der Waals surface area contributed by atoms with Gasteiger partial charge in [-0.1, -0.05) is 53.3 Å². The van der Waals surface area contributed by atoms with Crippen LogP contribution in [0.4, 0.5) is 0 Å². The standard InChI is InChI=1S/C34H33ClN2O6S/c1-6-41-33(39)30-21(4)36-34-37(31(30)24-10-14-26(15-11-24)43-20(2)3)32(38)29(44-34)18-23-9-16-27(28(17-23)40-5)42-19-22-7-12-25(35)13-8-22/h7-18,20,31H,6,19H2,1-5H3/b29-18-/t31-/m1/s1. The van der Waals surface area contributed by atoms with Crippen molar-refractivity contribution in [2.75, 3.05) is 13.7 Å². The molecule has 0 amide bonds. The number of benzene rings is 3. The van der Waals surface area contributed by atoms with Gasteiger partial charge in [0.2, 0.25) is 0 Å². The van der Waals surface area contributed by atoms with Crippen LogP contribution in [0.2, 0.25) is 5.02 Å². The van der Waals surface area contributed by atoms with E-state index in [2.05, 4.69) is 4.99 Å². The summed E-state index contributed by atoms with van der Waals surface area (Å²) in [5, 5.41) is 0.661. The lowest BCUT2D eigenvalue weighted by molar-refractivity contribution is -0.139. The minimum atomic E-state index is -0.710. The summed E-state index contributed by atoms with van der Waals surface area (Å²) in [6.45, 7) is 7.97. The zero-order chi connectivity index (χ0) is 31.4. The van der Waals surface area contributed by atoms with Crippen LogP contribution in [0.5, 0.6) is 17.2 Å². The van der Waals surface area contributed by atoms with E-state index in [0.29, 0.717) is 49.5 Å². The summed E-state index contributed by atoms with van der Waals surface area (Å²) in [7, 11) is 1.57. The Bertz CT molecular complexity index is 1870. The number of rotatable bonds is 10. The van der Waals surface area contributed by atoms with Crippen LogP contribution in [-0.2, 0) is 16.1 Å². The smallest absolute Gasteiger partial charge is 0.338 e. The van der Waals surface area contributed by atoms with Crippen LogP contribution in [0.25, 0.3) is 6.08 Å². The fourth-order valence-corrected chi connectivity index (χ4v) is 6.07. The van der Waals surface area contributed by atoms with Gasteiger partial charge in [0.25, 0.3) is 5.56 Å². The van der Waals surface area contributed by atoms with Crippen LogP contribution in [0.1, 0.15) is 50.4 Å². The summed E-state index contributed by atoms with van der Waals surface area (Å²) in [5.74, 6) is 1.29. The molecule has 0 aliphatic carbocycles. The van der Waals surface area contributed by atoms with Crippen LogP contribution in [0, 0.1) is 0 Å². The largest absolute Gasteiger partial charge is 0.493 e. The Hall–Kier alpha value is -4.34. The Balaban J connectivity index is 1.53. The topological polar surface area (TPSA) is 88.4 Å². The first kappa shape index (κ1) is 31.1. The summed E-state index contributed by atoms with van der Waals surface area (Å²) in [6, 6.07) is 19.6. The molecule has 0 bridgehead atoms. The highest BCUT2D eigenvalue weighted by Crippen LogP contribution is 2.32. The lowest BCUT2D eigenvalue weighted by Gasteiger charge is -2.25.